The van der Waals surface area contributed by atoms with Crippen molar-refractivity contribution in [1.82, 2.24) is 10.6 Å². The Morgan fingerprint density at radius 2 is 2.14 bits per heavy atom. The first kappa shape index (κ1) is 9.49. The first-order valence-corrected chi connectivity index (χ1v) is 4.92. The molecule has 0 aromatic heterocycles. The standard InChI is InChI=1S/C10H11ClN2O/c11-8-4-2-1-3-7(8)10-12-6-5-9(14)13-10/h1-4,10,12H,5-6H2,(H,13,14)/t10-/m0/s1. The molecule has 1 heterocycles. The van der Waals surface area contributed by atoms with Crippen LogP contribution in [0.15, 0.2) is 24.3 Å². The second-order valence-corrected chi connectivity index (χ2v) is 3.63. The van der Waals surface area contributed by atoms with Crippen LogP contribution in [0.25, 0.3) is 0 Å². The number of benzene rings is 1. The van der Waals surface area contributed by atoms with Crippen LogP contribution < -0.4 is 10.6 Å². The van der Waals surface area contributed by atoms with Crippen LogP contribution in [-0.2, 0) is 4.79 Å². The van der Waals surface area contributed by atoms with Crippen LogP contribution in [0.4, 0.5) is 0 Å². The molecule has 0 aliphatic carbocycles. The van der Waals surface area contributed by atoms with Crippen molar-refractivity contribution in [3.63, 3.8) is 0 Å². The van der Waals surface area contributed by atoms with E-state index in [0.29, 0.717) is 18.0 Å². The normalized spacial score (nSPS) is 21.8. The molecular weight excluding hydrogens is 200 g/mol. The monoisotopic (exact) mass is 210 g/mol. The Kier molecular flexibility index (Phi) is 2.70. The number of hydrogen-bond acceptors (Lipinski definition) is 2. The molecule has 1 fully saturated rings. The van der Waals surface area contributed by atoms with Crippen molar-refractivity contribution >= 4 is 17.5 Å². The fraction of sp³-hybridized carbons (Fsp3) is 0.300. The Morgan fingerprint density at radius 3 is 2.86 bits per heavy atom. The topological polar surface area (TPSA) is 41.1 Å². The van der Waals surface area contributed by atoms with Crippen molar-refractivity contribution in [3.05, 3.63) is 34.9 Å². The molecule has 1 aromatic carbocycles. The zero-order valence-electron chi connectivity index (χ0n) is 7.59. The quantitative estimate of drug-likeness (QED) is 0.737. The van der Waals surface area contributed by atoms with E-state index >= 15 is 0 Å². The highest BCUT2D eigenvalue weighted by Gasteiger charge is 2.20. The van der Waals surface area contributed by atoms with E-state index in [9.17, 15) is 4.79 Å². The molecule has 1 amide bonds. The van der Waals surface area contributed by atoms with Gasteiger partial charge in [0, 0.05) is 23.6 Å². The second kappa shape index (κ2) is 3.98. The Hall–Kier alpha value is -1.06. The summed E-state index contributed by atoms with van der Waals surface area (Å²) in [7, 11) is 0. The molecule has 14 heavy (non-hydrogen) atoms. The predicted octanol–water partition coefficient (Wildman–Crippen LogP) is 1.45. The molecular formula is C10H11ClN2O. The van der Waals surface area contributed by atoms with E-state index in [1.165, 1.54) is 0 Å². The summed E-state index contributed by atoms with van der Waals surface area (Å²) >= 11 is 6.01. The minimum absolute atomic E-state index is 0.0636. The third kappa shape index (κ3) is 1.89. The predicted molar refractivity (Wildman–Crippen MR) is 55.0 cm³/mol. The van der Waals surface area contributed by atoms with E-state index in [4.69, 9.17) is 11.6 Å². The van der Waals surface area contributed by atoms with Gasteiger partial charge in [-0.05, 0) is 6.07 Å². The molecule has 0 saturated carbocycles. The minimum Gasteiger partial charge on any atom is -0.337 e. The van der Waals surface area contributed by atoms with E-state index < -0.39 is 0 Å². The summed E-state index contributed by atoms with van der Waals surface area (Å²) in [6, 6.07) is 7.51. The van der Waals surface area contributed by atoms with Crippen molar-refractivity contribution in [2.75, 3.05) is 6.54 Å². The summed E-state index contributed by atoms with van der Waals surface area (Å²) in [5.41, 5.74) is 0.919. The lowest BCUT2D eigenvalue weighted by molar-refractivity contribution is -0.123. The zero-order chi connectivity index (χ0) is 9.97. The molecule has 1 atom stereocenters. The van der Waals surface area contributed by atoms with E-state index in [1.54, 1.807) is 0 Å². The molecule has 1 aliphatic rings. The highest BCUT2D eigenvalue weighted by Crippen LogP contribution is 2.21. The number of carbonyl (C=O) groups is 1. The van der Waals surface area contributed by atoms with Gasteiger partial charge in [-0.3, -0.25) is 10.1 Å². The maximum absolute atomic E-state index is 11.2. The Bertz CT molecular complexity index is 354. The molecule has 3 nitrogen and oxygen atoms in total. The zero-order valence-corrected chi connectivity index (χ0v) is 8.34. The highest BCUT2D eigenvalue weighted by atomic mass is 35.5. The van der Waals surface area contributed by atoms with Gasteiger partial charge < -0.3 is 5.32 Å². The lowest BCUT2D eigenvalue weighted by Gasteiger charge is -2.25. The van der Waals surface area contributed by atoms with Gasteiger partial charge in [0.25, 0.3) is 0 Å². The van der Waals surface area contributed by atoms with Crippen LogP contribution in [0.2, 0.25) is 5.02 Å². The summed E-state index contributed by atoms with van der Waals surface area (Å²) in [6.45, 7) is 0.696. The van der Waals surface area contributed by atoms with Gasteiger partial charge >= 0.3 is 0 Å². The summed E-state index contributed by atoms with van der Waals surface area (Å²) in [5.74, 6) is 0.0636. The van der Waals surface area contributed by atoms with Crippen LogP contribution in [0, 0.1) is 0 Å². The van der Waals surface area contributed by atoms with Crippen molar-refractivity contribution in [1.29, 1.82) is 0 Å². The van der Waals surface area contributed by atoms with Gasteiger partial charge in [0.15, 0.2) is 0 Å². The van der Waals surface area contributed by atoms with Crippen molar-refractivity contribution in [3.8, 4) is 0 Å². The van der Waals surface area contributed by atoms with Gasteiger partial charge in [-0.15, -0.1) is 0 Å². The second-order valence-electron chi connectivity index (χ2n) is 3.23. The Morgan fingerprint density at radius 1 is 1.36 bits per heavy atom. The fourth-order valence-electron chi connectivity index (χ4n) is 1.51. The van der Waals surface area contributed by atoms with E-state index in [1.807, 2.05) is 24.3 Å². The minimum atomic E-state index is -0.148. The van der Waals surface area contributed by atoms with Gasteiger partial charge in [0.2, 0.25) is 5.91 Å². The van der Waals surface area contributed by atoms with E-state index in [0.717, 1.165) is 5.56 Å². The maximum atomic E-state index is 11.2. The summed E-state index contributed by atoms with van der Waals surface area (Å²) in [5, 5.41) is 6.70. The highest BCUT2D eigenvalue weighted by molar-refractivity contribution is 6.31. The third-order valence-corrected chi connectivity index (χ3v) is 2.57. The van der Waals surface area contributed by atoms with Gasteiger partial charge in [0.1, 0.15) is 6.17 Å². The van der Waals surface area contributed by atoms with Crippen LogP contribution >= 0.6 is 11.6 Å². The van der Waals surface area contributed by atoms with Crippen LogP contribution in [0.5, 0.6) is 0 Å². The number of carbonyl (C=O) groups excluding carboxylic acids is 1. The summed E-state index contributed by atoms with van der Waals surface area (Å²) in [4.78, 5) is 11.2. The molecule has 4 heteroatoms. The molecule has 1 saturated heterocycles. The van der Waals surface area contributed by atoms with Gasteiger partial charge in [-0.1, -0.05) is 29.8 Å². The maximum Gasteiger partial charge on any atom is 0.222 e. The van der Waals surface area contributed by atoms with Gasteiger partial charge in [-0.2, -0.15) is 0 Å². The Labute approximate surface area is 87.4 Å². The molecule has 0 unspecified atom stereocenters. The molecule has 2 N–H and O–H groups in total. The van der Waals surface area contributed by atoms with E-state index in [-0.39, 0.29) is 12.1 Å². The number of rotatable bonds is 1. The lowest BCUT2D eigenvalue weighted by atomic mass is 10.1. The summed E-state index contributed by atoms with van der Waals surface area (Å²) in [6.07, 6.45) is 0.381. The molecule has 0 spiro atoms. The smallest absolute Gasteiger partial charge is 0.222 e. The number of halogens is 1. The first-order chi connectivity index (χ1) is 6.77. The first-order valence-electron chi connectivity index (χ1n) is 4.54. The molecule has 0 radical (unpaired) electrons. The number of nitrogens with one attached hydrogen (secondary N) is 2. The van der Waals surface area contributed by atoms with Crippen LogP contribution in [0.3, 0.4) is 0 Å². The number of amides is 1. The van der Waals surface area contributed by atoms with E-state index in [2.05, 4.69) is 10.6 Å². The van der Waals surface area contributed by atoms with Crippen LogP contribution in [-0.4, -0.2) is 12.5 Å². The molecule has 1 aliphatic heterocycles. The van der Waals surface area contributed by atoms with Crippen LogP contribution in [0.1, 0.15) is 18.2 Å². The Balaban J connectivity index is 2.22. The fourth-order valence-corrected chi connectivity index (χ4v) is 1.76. The average Bonchev–Trinajstić information content (AvgIpc) is 2.18. The third-order valence-electron chi connectivity index (χ3n) is 2.22. The average molecular weight is 211 g/mol. The van der Waals surface area contributed by atoms with Crippen molar-refractivity contribution < 1.29 is 4.79 Å². The van der Waals surface area contributed by atoms with Crippen molar-refractivity contribution in [2.45, 2.75) is 12.6 Å². The molecule has 1 aromatic rings. The molecule has 2 rings (SSSR count). The van der Waals surface area contributed by atoms with Gasteiger partial charge in [0.05, 0.1) is 0 Å². The largest absolute Gasteiger partial charge is 0.337 e. The molecule has 74 valence electrons. The lowest BCUT2D eigenvalue weighted by Crippen LogP contribution is -2.44. The van der Waals surface area contributed by atoms with Gasteiger partial charge in [-0.25, -0.2) is 0 Å². The molecule has 0 bridgehead atoms. The number of hydrogen-bond donors (Lipinski definition) is 2. The van der Waals surface area contributed by atoms with Crippen molar-refractivity contribution in [2.24, 2.45) is 0 Å². The summed E-state index contributed by atoms with van der Waals surface area (Å²) < 4.78 is 0. The SMILES string of the molecule is O=C1CCN[C@H](c2ccccc2Cl)N1.